The van der Waals surface area contributed by atoms with Gasteiger partial charge in [-0.2, -0.15) is 0 Å². The Kier molecular flexibility index (Phi) is 4.20. The molecule has 1 N–H and O–H groups in total. The first kappa shape index (κ1) is 14.0. The number of terminal acetylenes is 1. The molecule has 0 amide bonds. The zero-order valence-corrected chi connectivity index (χ0v) is 12.4. The third kappa shape index (κ3) is 3.53. The Morgan fingerprint density at radius 1 is 1.21 bits per heavy atom. The van der Waals surface area contributed by atoms with Gasteiger partial charge >= 0.3 is 0 Å². The molecule has 0 radical (unpaired) electrons. The van der Waals surface area contributed by atoms with Crippen molar-refractivity contribution in [2.24, 2.45) is 11.3 Å². The molecule has 1 aromatic rings. The van der Waals surface area contributed by atoms with E-state index in [1.54, 1.807) is 0 Å². The average molecular weight is 255 g/mol. The molecule has 1 aliphatic rings. The van der Waals surface area contributed by atoms with Crippen molar-refractivity contribution in [3.05, 3.63) is 29.8 Å². The fourth-order valence-corrected chi connectivity index (χ4v) is 3.25. The minimum Gasteiger partial charge on any atom is -0.382 e. The molecule has 102 valence electrons. The Hall–Kier alpha value is -1.42. The van der Waals surface area contributed by atoms with Crippen LogP contribution in [0.2, 0.25) is 0 Å². The third-order valence-electron chi connectivity index (χ3n) is 4.26. The van der Waals surface area contributed by atoms with E-state index in [0.29, 0.717) is 11.5 Å². The van der Waals surface area contributed by atoms with Gasteiger partial charge in [-0.1, -0.05) is 45.6 Å². The average Bonchev–Trinajstić information content (AvgIpc) is 2.38. The van der Waals surface area contributed by atoms with Gasteiger partial charge in [-0.15, -0.1) is 6.42 Å². The summed E-state index contributed by atoms with van der Waals surface area (Å²) in [5.74, 6) is 3.44. The Bertz CT molecular complexity index is 461. The molecule has 2 rings (SSSR count). The second kappa shape index (κ2) is 5.70. The Labute approximate surface area is 117 Å². The summed E-state index contributed by atoms with van der Waals surface area (Å²) in [4.78, 5) is 0. The molecular weight excluding hydrogens is 230 g/mol. The van der Waals surface area contributed by atoms with Crippen LogP contribution in [0.1, 0.15) is 52.0 Å². The van der Waals surface area contributed by atoms with Gasteiger partial charge in [0, 0.05) is 17.3 Å². The predicted octanol–water partition coefficient (Wildman–Crippen LogP) is 4.68. The molecule has 0 bridgehead atoms. The third-order valence-corrected chi connectivity index (χ3v) is 4.26. The quantitative estimate of drug-likeness (QED) is 0.756. The van der Waals surface area contributed by atoms with Crippen molar-refractivity contribution in [1.29, 1.82) is 0 Å². The van der Waals surface area contributed by atoms with Crippen molar-refractivity contribution in [1.82, 2.24) is 0 Å². The fraction of sp³-hybridized carbons (Fsp3) is 0.556. The van der Waals surface area contributed by atoms with Gasteiger partial charge in [-0.05, 0) is 42.4 Å². The standard InChI is InChI=1S/C18H25N/c1-5-14-9-8-10-15(13-14)19-17-12-7-6-11-16(17)18(2,3)4/h1,8-10,13,16-17,19H,6-7,11-12H2,2-4H3. The first-order valence-corrected chi connectivity index (χ1v) is 7.34. The smallest absolute Gasteiger partial charge is 0.0354 e. The van der Waals surface area contributed by atoms with E-state index in [4.69, 9.17) is 6.42 Å². The van der Waals surface area contributed by atoms with Crippen LogP contribution in [-0.4, -0.2) is 6.04 Å². The van der Waals surface area contributed by atoms with E-state index in [0.717, 1.165) is 17.2 Å². The number of anilines is 1. The van der Waals surface area contributed by atoms with Gasteiger partial charge in [0.1, 0.15) is 0 Å². The zero-order chi connectivity index (χ0) is 13.9. The molecule has 1 heteroatoms. The molecule has 1 fully saturated rings. The van der Waals surface area contributed by atoms with Gasteiger partial charge < -0.3 is 5.32 Å². The summed E-state index contributed by atoms with van der Waals surface area (Å²) >= 11 is 0. The normalized spacial score (nSPS) is 23.7. The molecule has 1 aliphatic carbocycles. The van der Waals surface area contributed by atoms with E-state index in [1.165, 1.54) is 25.7 Å². The molecule has 1 aromatic carbocycles. The zero-order valence-electron chi connectivity index (χ0n) is 12.4. The minimum atomic E-state index is 0.363. The number of hydrogen-bond acceptors (Lipinski definition) is 1. The van der Waals surface area contributed by atoms with Crippen molar-refractivity contribution in [2.45, 2.75) is 52.5 Å². The molecule has 1 saturated carbocycles. The monoisotopic (exact) mass is 255 g/mol. The first-order chi connectivity index (χ1) is 9.00. The molecule has 0 spiro atoms. The highest BCUT2D eigenvalue weighted by Gasteiger charge is 2.33. The number of rotatable bonds is 2. The van der Waals surface area contributed by atoms with Gasteiger partial charge in [-0.3, -0.25) is 0 Å². The van der Waals surface area contributed by atoms with Crippen LogP contribution in [0.4, 0.5) is 5.69 Å². The lowest BCUT2D eigenvalue weighted by molar-refractivity contribution is 0.163. The van der Waals surface area contributed by atoms with E-state index in [2.05, 4.69) is 44.1 Å². The first-order valence-electron chi connectivity index (χ1n) is 7.34. The summed E-state index contributed by atoms with van der Waals surface area (Å²) in [5, 5.41) is 3.72. The highest BCUT2D eigenvalue weighted by atomic mass is 14.9. The van der Waals surface area contributed by atoms with Crippen molar-refractivity contribution < 1.29 is 0 Å². The molecule has 0 heterocycles. The molecular formula is C18H25N. The van der Waals surface area contributed by atoms with E-state index in [9.17, 15) is 0 Å². The van der Waals surface area contributed by atoms with Gasteiger partial charge in [0.2, 0.25) is 0 Å². The van der Waals surface area contributed by atoms with E-state index in [-0.39, 0.29) is 0 Å². The van der Waals surface area contributed by atoms with Crippen LogP contribution in [-0.2, 0) is 0 Å². The molecule has 0 aliphatic heterocycles. The van der Waals surface area contributed by atoms with Crippen LogP contribution in [0, 0.1) is 23.7 Å². The van der Waals surface area contributed by atoms with Crippen LogP contribution >= 0.6 is 0 Å². The summed E-state index contributed by atoms with van der Waals surface area (Å²) in [6, 6.07) is 8.78. The molecule has 19 heavy (non-hydrogen) atoms. The van der Waals surface area contributed by atoms with Crippen LogP contribution in [0.15, 0.2) is 24.3 Å². The van der Waals surface area contributed by atoms with Crippen molar-refractivity contribution >= 4 is 5.69 Å². The Morgan fingerprint density at radius 2 is 1.95 bits per heavy atom. The van der Waals surface area contributed by atoms with Gasteiger partial charge in [0.15, 0.2) is 0 Å². The van der Waals surface area contributed by atoms with Crippen LogP contribution in [0.3, 0.4) is 0 Å². The summed E-state index contributed by atoms with van der Waals surface area (Å²) in [7, 11) is 0. The molecule has 0 aromatic heterocycles. The van der Waals surface area contributed by atoms with Gasteiger partial charge in [0.25, 0.3) is 0 Å². The SMILES string of the molecule is C#Cc1cccc(NC2CCCCC2C(C)(C)C)c1. The van der Waals surface area contributed by atoms with Gasteiger partial charge in [-0.25, -0.2) is 0 Å². The number of nitrogens with one attached hydrogen (secondary N) is 1. The minimum absolute atomic E-state index is 0.363. The van der Waals surface area contributed by atoms with Crippen LogP contribution in [0.5, 0.6) is 0 Å². The van der Waals surface area contributed by atoms with E-state index < -0.39 is 0 Å². The van der Waals surface area contributed by atoms with Gasteiger partial charge in [0.05, 0.1) is 0 Å². The maximum atomic E-state index is 5.47. The summed E-state index contributed by atoms with van der Waals surface area (Å²) in [5.41, 5.74) is 2.48. The lowest BCUT2D eigenvalue weighted by Gasteiger charge is -2.41. The van der Waals surface area contributed by atoms with Crippen molar-refractivity contribution in [3.63, 3.8) is 0 Å². The summed E-state index contributed by atoms with van der Waals surface area (Å²) in [6.07, 6.45) is 10.8. The Morgan fingerprint density at radius 3 is 2.63 bits per heavy atom. The Balaban J connectivity index is 2.13. The van der Waals surface area contributed by atoms with Crippen molar-refractivity contribution in [3.8, 4) is 12.3 Å². The van der Waals surface area contributed by atoms with Crippen LogP contribution < -0.4 is 5.32 Å². The lowest BCUT2D eigenvalue weighted by atomic mass is 9.69. The van der Waals surface area contributed by atoms with E-state index >= 15 is 0 Å². The predicted molar refractivity (Wildman–Crippen MR) is 83.2 cm³/mol. The maximum absolute atomic E-state index is 5.47. The topological polar surface area (TPSA) is 12.0 Å². The van der Waals surface area contributed by atoms with E-state index in [1.807, 2.05) is 12.1 Å². The molecule has 2 unspecified atom stereocenters. The fourth-order valence-electron chi connectivity index (χ4n) is 3.25. The summed E-state index contributed by atoms with van der Waals surface area (Å²) < 4.78 is 0. The number of hydrogen-bond donors (Lipinski definition) is 1. The second-order valence-electron chi connectivity index (χ2n) is 6.73. The lowest BCUT2D eigenvalue weighted by Crippen LogP contribution is -2.39. The van der Waals surface area contributed by atoms with Crippen molar-refractivity contribution in [2.75, 3.05) is 5.32 Å². The highest BCUT2D eigenvalue weighted by Crippen LogP contribution is 2.39. The van der Waals surface area contributed by atoms with Crippen LogP contribution in [0.25, 0.3) is 0 Å². The second-order valence-corrected chi connectivity index (χ2v) is 6.73. The largest absolute Gasteiger partial charge is 0.382 e. The molecule has 0 saturated heterocycles. The molecule has 2 atom stereocenters. The maximum Gasteiger partial charge on any atom is 0.0354 e. The summed E-state index contributed by atoms with van der Waals surface area (Å²) in [6.45, 7) is 7.07. The highest BCUT2D eigenvalue weighted by molar-refractivity contribution is 5.50. The number of benzene rings is 1. The molecule has 1 nitrogen and oxygen atoms in total.